The number of carbonyl (C=O) groups is 2. The summed E-state index contributed by atoms with van der Waals surface area (Å²) >= 11 is 0. The Labute approximate surface area is 119 Å². The van der Waals surface area contributed by atoms with Gasteiger partial charge < -0.3 is 10.6 Å². The number of carbonyl (C=O) groups excluding carboxylic acids is 2. The van der Waals surface area contributed by atoms with Gasteiger partial charge in [0.15, 0.2) is 0 Å². The summed E-state index contributed by atoms with van der Waals surface area (Å²) in [5.74, 6) is -1.07. The summed E-state index contributed by atoms with van der Waals surface area (Å²) in [4.78, 5) is 27.5. The lowest BCUT2D eigenvalue weighted by Gasteiger charge is -2.22. The van der Waals surface area contributed by atoms with E-state index >= 15 is 0 Å². The highest BCUT2D eigenvalue weighted by molar-refractivity contribution is 6.35. The van der Waals surface area contributed by atoms with Crippen molar-refractivity contribution < 1.29 is 9.59 Å². The minimum Gasteiger partial charge on any atom is -0.347 e. The molecule has 0 radical (unpaired) electrons. The van der Waals surface area contributed by atoms with Crippen molar-refractivity contribution in [2.24, 2.45) is 0 Å². The van der Waals surface area contributed by atoms with Crippen molar-refractivity contribution in [3.8, 4) is 0 Å². The fraction of sp³-hybridized carbons (Fsp3) is 0.533. The zero-order valence-corrected chi connectivity index (χ0v) is 11.6. The Kier molecular flexibility index (Phi) is 5.53. The van der Waals surface area contributed by atoms with E-state index < -0.39 is 11.8 Å². The first-order valence-electron chi connectivity index (χ1n) is 7.24. The van der Waals surface area contributed by atoms with Crippen molar-refractivity contribution >= 4 is 11.8 Å². The van der Waals surface area contributed by atoms with Crippen LogP contribution in [0, 0.1) is 0 Å². The summed E-state index contributed by atoms with van der Waals surface area (Å²) in [5, 5.41) is 5.43. The van der Waals surface area contributed by atoms with Gasteiger partial charge >= 0.3 is 11.8 Å². The summed E-state index contributed by atoms with van der Waals surface area (Å²) in [7, 11) is 0. The number of nitrogens with one attached hydrogen (secondary N) is 2. The summed E-state index contributed by atoms with van der Waals surface area (Å²) in [5.41, 5.74) is 0.903. The molecule has 5 nitrogen and oxygen atoms in total. The topological polar surface area (TPSA) is 71.1 Å². The molecular formula is C15H21N3O2. The molecule has 2 rings (SSSR count). The van der Waals surface area contributed by atoms with Crippen molar-refractivity contribution in [2.45, 2.75) is 44.6 Å². The van der Waals surface area contributed by atoms with E-state index in [4.69, 9.17) is 0 Å². The first kappa shape index (κ1) is 14.5. The lowest BCUT2D eigenvalue weighted by molar-refractivity contribution is -0.139. The maximum Gasteiger partial charge on any atom is 0.309 e. The first-order chi connectivity index (χ1) is 9.75. The molecule has 1 aromatic rings. The lowest BCUT2D eigenvalue weighted by Crippen LogP contribution is -2.45. The van der Waals surface area contributed by atoms with Crippen LogP contribution in [0.1, 0.15) is 37.8 Å². The summed E-state index contributed by atoms with van der Waals surface area (Å²) in [6.07, 6.45) is 7.79. The molecule has 1 aromatic heterocycles. The Morgan fingerprint density at radius 1 is 1.15 bits per heavy atom. The van der Waals surface area contributed by atoms with E-state index in [0.29, 0.717) is 13.0 Å². The zero-order chi connectivity index (χ0) is 14.2. The predicted molar refractivity (Wildman–Crippen MR) is 76.0 cm³/mol. The Morgan fingerprint density at radius 2 is 1.95 bits per heavy atom. The number of rotatable bonds is 4. The number of amides is 2. The SMILES string of the molecule is O=C(NCCc1ccccn1)C(=O)NC1CCCCC1. The standard InChI is InChI=1S/C15H21N3O2/c19-14(15(20)18-13-7-2-1-3-8-13)17-11-9-12-6-4-5-10-16-12/h4-6,10,13H,1-3,7-9,11H2,(H,17,19)(H,18,20). The molecule has 2 N–H and O–H groups in total. The maximum absolute atomic E-state index is 11.7. The van der Waals surface area contributed by atoms with Crippen molar-refractivity contribution in [3.05, 3.63) is 30.1 Å². The Bertz CT molecular complexity index is 442. The molecule has 1 aliphatic carbocycles. The third-order valence-electron chi connectivity index (χ3n) is 3.54. The Morgan fingerprint density at radius 3 is 2.65 bits per heavy atom. The van der Waals surface area contributed by atoms with Crippen LogP contribution in [-0.4, -0.2) is 29.4 Å². The van der Waals surface area contributed by atoms with Crippen molar-refractivity contribution in [1.82, 2.24) is 15.6 Å². The van der Waals surface area contributed by atoms with Gasteiger partial charge in [-0.2, -0.15) is 0 Å². The van der Waals surface area contributed by atoms with E-state index in [0.717, 1.165) is 31.4 Å². The van der Waals surface area contributed by atoms with Gasteiger partial charge in [-0.05, 0) is 25.0 Å². The molecule has 1 aliphatic rings. The molecule has 0 atom stereocenters. The van der Waals surface area contributed by atoms with Crippen LogP contribution in [-0.2, 0) is 16.0 Å². The van der Waals surface area contributed by atoms with Gasteiger partial charge in [0.2, 0.25) is 0 Å². The normalized spacial score (nSPS) is 15.6. The van der Waals surface area contributed by atoms with E-state index in [9.17, 15) is 9.59 Å². The third-order valence-corrected chi connectivity index (χ3v) is 3.54. The molecule has 5 heteroatoms. The molecule has 0 spiro atoms. The largest absolute Gasteiger partial charge is 0.347 e. The average Bonchev–Trinajstić information content (AvgIpc) is 2.49. The smallest absolute Gasteiger partial charge is 0.309 e. The van der Waals surface area contributed by atoms with Gasteiger partial charge in [-0.15, -0.1) is 0 Å². The van der Waals surface area contributed by atoms with E-state index in [-0.39, 0.29) is 6.04 Å². The highest BCUT2D eigenvalue weighted by Gasteiger charge is 2.19. The number of aromatic nitrogens is 1. The van der Waals surface area contributed by atoms with Gasteiger partial charge in [0.1, 0.15) is 0 Å². The Balaban J connectivity index is 1.67. The first-order valence-corrected chi connectivity index (χ1v) is 7.24. The molecule has 2 amide bonds. The minimum absolute atomic E-state index is 0.165. The van der Waals surface area contributed by atoms with E-state index in [2.05, 4.69) is 15.6 Å². The molecule has 1 heterocycles. The maximum atomic E-state index is 11.7. The molecule has 1 saturated carbocycles. The second-order valence-electron chi connectivity index (χ2n) is 5.14. The van der Waals surface area contributed by atoms with Gasteiger partial charge in [0.25, 0.3) is 0 Å². The van der Waals surface area contributed by atoms with E-state index in [1.54, 1.807) is 6.20 Å². The number of hydrogen-bond acceptors (Lipinski definition) is 3. The molecule has 0 aliphatic heterocycles. The quantitative estimate of drug-likeness (QED) is 0.811. The van der Waals surface area contributed by atoms with E-state index in [1.807, 2.05) is 18.2 Å². The van der Waals surface area contributed by atoms with Gasteiger partial charge in [-0.3, -0.25) is 14.6 Å². The van der Waals surface area contributed by atoms with Gasteiger partial charge in [0, 0.05) is 30.9 Å². The predicted octanol–water partition coefficient (Wildman–Crippen LogP) is 1.19. The molecule has 0 unspecified atom stereocenters. The highest BCUT2D eigenvalue weighted by atomic mass is 16.2. The fourth-order valence-corrected chi connectivity index (χ4v) is 2.43. The third kappa shape index (κ3) is 4.64. The van der Waals surface area contributed by atoms with Crippen LogP contribution < -0.4 is 10.6 Å². The molecular weight excluding hydrogens is 254 g/mol. The van der Waals surface area contributed by atoms with Crippen LogP contribution in [0.3, 0.4) is 0 Å². The number of nitrogens with zero attached hydrogens (tertiary/aromatic N) is 1. The summed E-state index contributed by atoms with van der Waals surface area (Å²) < 4.78 is 0. The van der Waals surface area contributed by atoms with Crippen LogP contribution in [0.2, 0.25) is 0 Å². The number of pyridine rings is 1. The van der Waals surface area contributed by atoms with E-state index in [1.165, 1.54) is 6.42 Å². The molecule has 1 fully saturated rings. The van der Waals surface area contributed by atoms with Gasteiger partial charge in [0.05, 0.1) is 0 Å². The second-order valence-corrected chi connectivity index (χ2v) is 5.14. The highest BCUT2D eigenvalue weighted by Crippen LogP contribution is 2.17. The van der Waals surface area contributed by atoms with Gasteiger partial charge in [-0.1, -0.05) is 25.3 Å². The second kappa shape index (κ2) is 7.62. The Hall–Kier alpha value is -1.91. The molecule has 20 heavy (non-hydrogen) atoms. The molecule has 0 aromatic carbocycles. The minimum atomic E-state index is -0.550. The van der Waals surface area contributed by atoms with Crippen LogP contribution in [0.5, 0.6) is 0 Å². The average molecular weight is 275 g/mol. The summed E-state index contributed by atoms with van der Waals surface area (Å²) in [6, 6.07) is 5.81. The monoisotopic (exact) mass is 275 g/mol. The molecule has 108 valence electrons. The van der Waals surface area contributed by atoms with Crippen molar-refractivity contribution in [1.29, 1.82) is 0 Å². The molecule has 0 bridgehead atoms. The van der Waals surface area contributed by atoms with Crippen LogP contribution in [0.15, 0.2) is 24.4 Å². The van der Waals surface area contributed by atoms with Gasteiger partial charge in [-0.25, -0.2) is 0 Å². The fourth-order valence-electron chi connectivity index (χ4n) is 2.43. The van der Waals surface area contributed by atoms with Crippen molar-refractivity contribution in [3.63, 3.8) is 0 Å². The van der Waals surface area contributed by atoms with Crippen LogP contribution in [0.25, 0.3) is 0 Å². The van der Waals surface area contributed by atoms with Crippen LogP contribution in [0.4, 0.5) is 0 Å². The lowest BCUT2D eigenvalue weighted by atomic mass is 9.95. The summed E-state index contributed by atoms with van der Waals surface area (Å²) in [6.45, 7) is 0.425. The number of hydrogen-bond donors (Lipinski definition) is 2. The zero-order valence-electron chi connectivity index (χ0n) is 11.6. The molecule has 0 saturated heterocycles. The van der Waals surface area contributed by atoms with Crippen molar-refractivity contribution in [2.75, 3.05) is 6.54 Å². The van der Waals surface area contributed by atoms with Crippen LogP contribution >= 0.6 is 0 Å².